The van der Waals surface area contributed by atoms with E-state index in [1.54, 1.807) is 17.0 Å². The standard InChI is InChI=1S/C22H27ClN2O2/c1-4-20(22(27)24-5-2)25(15-17-11-9-16(3)10-12-17)21(26)14-18-7-6-8-19(23)13-18/h6-13,20H,4-5,14-15H2,1-3H3,(H,24,27). The minimum Gasteiger partial charge on any atom is -0.355 e. The molecule has 0 saturated carbocycles. The molecular formula is C22H27ClN2O2. The van der Waals surface area contributed by atoms with Gasteiger partial charge in [0.1, 0.15) is 6.04 Å². The maximum Gasteiger partial charge on any atom is 0.242 e. The molecule has 2 amide bonds. The van der Waals surface area contributed by atoms with Gasteiger partial charge in [0, 0.05) is 18.1 Å². The van der Waals surface area contributed by atoms with E-state index in [4.69, 9.17) is 11.6 Å². The van der Waals surface area contributed by atoms with Crippen LogP contribution in [-0.2, 0) is 22.6 Å². The molecule has 1 unspecified atom stereocenters. The maximum absolute atomic E-state index is 13.1. The smallest absolute Gasteiger partial charge is 0.242 e. The molecular weight excluding hydrogens is 360 g/mol. The first-order valence-electron chi connectivity index (χ1n) is 9.31. The normalized spacial score (nSPS) is 11.7. The Labute approximate surface area is 166 Å². The molecule has 1 atom stereocenters. The van der Waals surface area contributed by atoms with Gasteiger partial charge in [0.15, 0.2) is 0 Å². The van der Waals surface area contributed by atoms with E-state index in [1.165, 1.54) is 0 Å². The first-order chi connectivity index (χ1) is 12.9. The van der Waals surface area contributed by atoms with Gasteiger partial charge in [-0.3, -0.25) is 9.59 Å². The van der Waals surface area contributed by atoms with Crippen molar-refractivity contribution in [3.8, 4) is 0 Å². The Kier molecular flexibility index (Phi) is 7.86. The molecule has 2 rings (SSSR count). The molecule has 0 fully saturated rings. The first kappa shape index (κ1) is 21.0. The lowest BCUT2D eigenvalue weighted by Crippen LogP contribution is -2.49. The first-order valence-corrected chi connectivity index (χ1v) is 9.69. The molecule has 1 N–H and O–H groups in total. The van der Waals surface area contributed by atoms with Crippen LogP contribution in [0.4, 0.5) is 0 Å². The van der Waals surface area contributed by atoms with Crippen LogP contribution in [0.15, 0.2) is 48.5 Å². The molecule has 0 saturated heterocycles. The zero-order valence-corrected chi connectivity index (χ0v) is 16.9. The molecule has 0 aliphatic heterocycles. The van der Waals surface area contributed by atoms with Gasteiger partial charge >= 0.3 is 0 Å². The van der Waals surface area contributed by atoms with Crippen molar-refractivity contribution in [1.82, 2.24) is 10.2 Å². The van der Waals surface area contributed by atoms with Gasteiger partial charge in [-0.1, -0.05) is 60.5 Å². The summed E-state index contributed by atoms with van der Waals surface area (Å²) in [5.74, 6) is -0.206. The molecule has 0 aliphatic carbocycles. The fourth-order valence-corrected chi connectivity index (χ4v) is 3.24. The zero-order chi connectivity index (χ0) is 19.8. The Hall–Kier alpha value is -2.33. The number of nitrogens with zero attached hydrogens (tertiary/aromatic N) is 1. The summed E-state index contributed by atoms with van der Waals surface area (Å²) in [5.41, 5.74) is 3.00. The molecule has 4 nitrogen and oxygen atoms in total. The molecule has 2 aromatic carbocycles. The third kappa shape index (κ3) is 6.10. The molecule has 0 heterocycles. The van der Waals surface area contributed by atoms with Crippen LogP contribution in [-0.4, -0.2) is 29.3 Å². The van der Waals surface area contributed by atoms with Crippen LogP contribution in [0.2, 0.25) is 5.02 Å². The minimum absolute atomic E-state index is 0.0871. The average molecular weight is 387 g/mol. The highest BCUT2D eigenvalue weighted by atomic mass is 35.5. The molecule has 0 aromatic heterocycles. The second kappa shape index (κ2) is 10.1. The monoisotopic (exact) mass is 386 g/mol. The Morgan fingerprint density at radius 2 is 1.78 bits per heavy atom. The Morgan fingerprint density at radius 3 is 2.37 bits per heavy atom. The van der Waals surface area contributed by atoms with Crippen molar-refractivity contribution in [2.75, 3.05) is 6.54 Å². The van der Waals surface area contributed by atoms with E-state index in [1.807, 2.05) is 57.2 Å². The van der Waals surface area contributed by atoms with Crippen molar-refractivity contribution in [1.29, 1.82) is 0 Å². The molecule has 2 aromatic rings. The number of rotatable bonds is 8. The quantitative estimate of drug-likeness (QED) is 0.741. The van der Waals surface area contributed by atoms with Crippen LogP contribution < -0.4 is 5.32 Å². The van der Waals surface area contributed by atoms with Crippen LogP contribution in [0.25, 0.3) is 0 Å². The Bertz CT molecular complexity index is 774. The fraction of sp³-hybridized carbons (Fsp3) is 0.364. The molecule has 27 heavy (non-hydrogen) atoms. The number of halogens is 1. The van der Waals surface area contributed by atoms with E-state index in [-0.39, 0.29) is 18.2 Å². The van der Waals surface area contributed by atoms with Gasteiger partial charge in [0.2, 0.25) is 11.8 Å². The van der Waals surface area contributed by atoms with Gasteiger partial charge < -0.3 is 10.2 Å². The largest absolute Gasteiger partial charge is 0.355 e. The van der Waals surface area contributed by atoms with E-state index >= 15 is 0 Å². The van der Waals surface area contributed by atoms with Gasteiger partial charge in [0.25, 0.3) is 0 Å². The number of amides is 2. The summed E-state index contributed by atoms with van der Waals surface area (Å²) in [6.45, 7) is 6.76. The van der Waals surface area contributed by atoms with Crippen LogP contribution in [0.5, 0.6) is 0 Å². The van der Waals surface area contributed by atoms with E-state index < -0.39 is 6.04 Å². The summed E-state index contributed by atoms with van der Waals surface area (Å²) in [6.07, 6.45) is 0.765. The van der Waals surface area contributed by atoms with E-state index in [0.29, 0.717) is 24.5 Å². The number of likely N-dealkylation sites (N-methyl/N-ethyl adjacent to an activating group) is 1. The highest BCUT2D eigenvalue weighted by Gasteiger charge is 2.28. The lowest BCUT2D eigenvalue weighted by atomic mass is 10.1. The molecule has 0 spiro atoms. The van der Waals surface area contributed by atoms with Crippen LogP contribution in [0.1, 0.15) is 37.0 Å². The van der Waals surface area contributed by atoms with Crippen molar-refractivity contribution >= 4 is 23.4 Å². The van der Waals surface area contributed by atoms with E-state index in [2.05, 4.69) is 5.32 Å². The summed E-state index contributed by atoms with van der Waals surface area (Å²) in [4.78, 5) is 27.3. The van der Waals surface area contributed by atoms with Gasteiger partial charge in [-0.2, -0.15) is 0 Å². The van der Waals surface area contributed by atoms with Gasteiger partial charge in [-0.05, 0) is 43.5 Å². The summed E-state index contributed by atoms with van der Waals surface area (Å²) in [5, 5.41) is 3.44. The van der Waals surface area contributed by atoms with Crippen LogP contribution >= 0.6 is 11.6 Å². The zero-order valence-electron chi connectivity index (χ0n) is 16.2. The summed E-state index contributed by atoms with van der Waals surface area (Å²) in [6, 6.07) is 14.8. The fourth-order valence-electron chi connectivity index (χ4n) is 3.02. The minimum atomic E-state index is -0.502. The molecule has 5 heteroatoms. The summed E-state index contributed by atoms with van der Waals surface area (Å²) in [7, 11) is 0. The predicted octanol–water partition coefficient (Wildman–Crippen LogP) is 4.13. The number of carbonyl (C=O) groups excluding carboxylic acids is 2. The number of hydrogen-bond donors (Lipinski definition) is 1. The average Bonchev–Trinajstić information content (AvgIpc) is 2.63. The van der Waals surface area contributed by atoms with Crippen molar-refractivity contribution < 1.29 is 9.59 Å². The lowest BCUT2D eigenvalue weighted by Gasteiger charge is -2.30. The molecule has 144 valence electrons. The lowest BCUT2D eigenvalue weighted by molar-refractivity contribution is -0.140. The second-order valence-electron chi connectivity index (χ2n) is 6.63. The molecule has 0 radical (unpaired) electrons. The molecule has 0 bridgehead atoms. The van der Waals surface area contributed by atoms with Crippen molar-refractivity contribution in [2.45, 2.75) is 46.2 Å². The van der Waals surface area contributed by atoms with E-state index in [9.17, 15) is 9.59 Å². The topological polar surface area (TPSA) is 49.4 Å². The third-order valence-electron chi connectivity index (χ3n) is 4.45. The Morgan fingerprint density at radius 1 is 1.07 bits per heavy atom. The van der Waals surface area contributed by atoms with Crippen molar-refractivity contribution in [2.24, 2.45) is 0 Å². The number of carbonyl (C=O) groups is 2. The highest BCUT2D eigenvalue weighted by Crippen LogP contribution is 2.17. The highest BCUT2D eigenvalue weighted by molar-refractivity contribution is 6.30. The second-order valence-corrected chi connectivity index (χ2v) is 7.07. The molecule has 0 aliphatic rings. The Balaban J connectivity index is 2.27. The van der Waals surface area contributed by atoms with Gasteiger partial charge in [-0.15, -0.1) is 0 Å². The van der Waals surface area contributed by atoms with Gasteiger partial charge in [0.05, 0.1) is 6.42 Å². The summed E-state index contributed by atoms with van der Waals surface area (Å²) < 4.78 is 0. The van der Waals surface area contributed by atoms with Crippen molar-refractivity contribution in [3.05, 3.63) is 70.2 Å². The number of benzene rings is 2. The summed E-state index contributed by atoms with van der Waals surface area (Å²) >= 11 is 6.04. The van der Waals surface area contributed by atoms with Crippen molar-refractivity contribution in [3.63, 3.8) is 0 Å². The van der Waals surface area contributed by atoms with Crippen LogP contribution in [0.3, 0.4) is 0 Å². The van der Waals surface area contributed by atoms with Gasteiger partial charge in [-0.25, -0.2) is 0 Å². The number of nitrogens with one attached hydrogen (secondary N) is 1. The maximum atomic E-state index is 13.1. The number of hydrogen-bond acceptors (Lipinski definition) is 2. The van der Waals surface area contributed by atoms with Crippen LogP contribution in [0, 0.1) is 6.92 Å². The predicted molar refractivity (Wildman–Crippen MR) is 110 cm³/mol. The number of aryl methyl sites for hydroxylation is 1. The van der Waals surface area contributed by atoms with E-state index in [0.717, 1.165) is 16.7 Å². The third-order valence-corrected chi connectivity index (χ3v) is 4.69. The SMILES string of the molecule is CCNC(=O)C(CC)N(Cc1ccc(C)cc1)C(=O)Cc1cccc(Cl)c1.